The Morgan fingerprint density at radius 2 is 1.80 bits per heavy atom. The van der Waals surface area contributed by atoms with Crippen molar-refractivity contribution in [3.8, 4) is 0 Å². The molecule has 1 atom stereocenters. The molecule has 2 aromatic rings. The summed E-state index contributed by atoms with van der Waals surface area (Å²) >= 11 is 1.77. The molecule has 6 nitrogen and oxygen atoms in total. The van der Waals surface area contributed by atoms with Gasteiger partial charge in [-0.3, -0.25) is 9.59 Å². The Kier molecular flexibility index (Phi) is 7.27. The lowest BCUT2D eigenvalue weighted by Gasteiger charge is -2.45. The molecule has 1 N–H and O–H groups in total. The van der Waals surface area contributed by atoms with Crippen LogP contribution in [-0.4, -0.2) is 63.9 Å². The molecule has 3 heterocycles. The largest absolute Gasteiger partial charge is 0.351 e. The Hall–Kier alpha value is -1.86. The number of nitrogens with one attached hydrogen (secondary N) is 1. The zero-order valence-electron chi connectivity index (χ0n) is 21.8. The maximum Gasteiger partial charge on any atom is 0.271 e. The van der Waals surface area contributed by atoms with Gasteiger partial charge in [0.2, 0.25) is 5.91 Å². The van der Waals surface area contributed by atoms with Crippen molar-refractivity contribution in [1.82, 2.24) is 19.7 Å². The van der Waals surface area contributed by atoms with Crippen molar-refractivity contribution >= 4 is 33.4 Å². The number of aromatic nitrogens is 1. The van der Waals surface area contributed by atoms with Crippen molar-refractivity contribution in [3.05, 3.63) is 22.7 Å². The zero-order chi connectivity index (χ0) is 24.6. The van der Waals surface area contributed by atoms with Gasteiger partial charge in [0.1, 0.15) is 11.2 Å². The van der Waals surface area contributed by atoms with Gasteiger partial charge in [-0.1, -0.05) is 45.4 Å². The van der Waals surface area contributed by atoms with Gasteiger partial charge in [-0.2, -0.15) is 0 Å². The molecule has 2 aromatic heterocycles. The molecule has 0 unspecified atom stereocenters. The fourth-order valence-corrected chi connectivity index (χ4v) is 7.50. The average Bonchev–Trinajstić information content (AvgIpc) is 3.43. The van der Waals surface area contributed by atoms with E-state index in [0.717, 1.165) is 41.7 Å². The second-order valence-corrected chi connectivity index (χ2v) is 12.4. The number of thiophene rings is 1. The third-order valence-electron chi connectivity index (χ3n) is 8.82. The van der Waals surface area contributed by atoms with Crippen molar-refractivity contribution in [2.24, 2.45) is 0 Å². The summed E-state index contributed by atoms with van der Waals surface area (Å²) in [5.74, 6) is 0.00699. The highest BCUT2D eigenvalue weighted by Gasteiger charge is 2.48. The first kappa shape index (κ1) is 24.8. The number of amides is 2. The van der Waals surface area contributed by atoms with Gasteiger partial charge in [-0.25, -0.2) is 0 Å². The smallest absolute Gasteiger partial charge is 0.271 e. The maximum absolute atomic E-state index is 14.0. The number of rotatable bonds is 7. The number of fused-ring (bicyclic) bond motifs is 3. The summed E-state index contributed by atoms with van der Waals surface area (Å²) in [6, 6.07) is 5.09. The number of carbonyl (C=O) groups is 2. The number of nitrogens with zero attached hydrogens (tertiary/aromatic N) is 3. The van der Waals surface area contributed by atoms with Gasteiger partial charge in [0, 0.05) is 30.1 Å². The van der Waals surface area contributed by atoms with Gasteiger partial charge in [-0.05, 0) is 58.2 Å². The zero-order valence-corrected chi connectivity index (χ0v) is 22.6. The summed E-state index contributed by atoms with van der Waals surface area (Å²) in [6.45, 7) is 6.06. The van der Waals surface area contributed by atoms with Gasteiger partial charge >= 0.3 is 0 Å². The molecule has 0 aromatic carbocycles. The van der Waals surface area contributed by atoms with E-state index < -0.39 is 5.54 Å². The summed E-state index contributed by atoms with van der Waals surface area (Å²) in [5.41, 5.74) is 0.942. The second kappa shape index (κ2) is 10.3. The van der Waals surface area contributed by atoms with E-state index in [0.29, 0.717) is 19.1 Å². The van der Waals surface area contributed by atoms with Gasteiger partial charge in [-0.15, -0.1) is 11.3 Å². The molecule has 0 saturated heterocycles. The summed E-state index contributed by atoms with van der Waals surface area (Å²) in [7, 11) is 2.19. The lowest BCUT2D eigenvalue weighted by Crippen LogP contribution is -2.66. The molecule has 35 heavy (non-hydrogen) atoms. The highest BCUT2D eigenvalue weighted by atomic mass is 32.1. The van der Waals surface area contributed by atoms with E-state index in [9.17, 15) is 9.59 Å². The molecule has 5 rings (SSSR count). The molecule has 0 radical (unpaired) electrons. The van der Waals surface area contributed by atoms with Crippen molar-refractivity contribution in [1.29, 1.82) is 0 Å². The van der Waals surface area contributed by atoms with Crippen LogP contribution >= 0.6 is 11.3 Å². The lowest BCUT2D eigenvalue weighted by molar-refractivity contribution is -0.134. The van der Waals surface area contributed by atoms with E-state index in [2.05, 4.69) is 40.9 Å². The summed E-state index contributed by atoms with van der Waals surface area (Å²) < 4.78 is 3.27. The SMILES string of the molecule is CCc1cc2c(cc3n2C[C@](C)(C(=O)NC2CCCCC2)N(CCN(C)C2CCCCC2)C3=O)s1. The van der Waals surface area contributed by atoms with E-state index in [1.165, 1.54) is 56.2 Å². The van der Waals surface area contributed by atoms with Gasteiger partial charge in [0.25, 0.3) is 5.91 Å². The van der Waals surface area contributed by atoms with Crippen molar-refractivity contribution in [2.45, 2.75) is 109 Å². The van der Waals surface area contributed by atoms with E-state index in [4.69, 9.17) is 0 Å². The van der Waals surface area contributed by atoms with Crippen LogP contribution in [0.5, 0.6) is 0 Å². The van der Waals surface area contributed by atoms with Crippen LogP contribution in [0.25, 0.3) is 10.2 Å². The first-order valence-corrected chi connectivity index (χ1v) is 14.7. The highest BCUT2D eigenvalue weighted by Crippen LogP contribution is 2.36. The van der Waals surface area contributed by atoms with Crippen LogP contribution in [0.15, 0.2) is 12.1 Å². The van der Waals surface area contributed by atoms with Crippen LogP contribution < -0.4 is 5.32 Å². The Balaban J connectivity index is 1.42. The van der Waals surface area contributed by atoms with E-state index in [1.807, 2.05) is 11.8 Å². The monoisotopic (exact) mass is 498 g/mol. The molecule has 7 heteroatoms. The minimum Gasteiger partial charge on any atom is -0.351 e. The minimum atomic E-state index is -0.894. The molecule has 192 valence electrons. The Labute approximate surface area is 214 Å². The quantitative estimate of drug-likeness (QED) is 0.571. The maximum atomic E-state index is 14.0. The predicted molar refractivity (Wildman–Crippen MR) is 143 cm³/mol. The van der Waals surface area contributed by atoms with Gasteiger partial charge in [0.15, 0.2) is 0 Å². The number of hydrogen-bond acceptors (Lipinski definition) is 4. The fourth-order valence-electron chi connectivity index (χ4n) is 6.46. The number of aryl methyl sites for hydroxylation is 1. The van der Waals surface area contributed by atoms with E-state index in [-0.39, 0.29) is 17.9 Å². The molecule has 2 aliphatic carbocycles. The normalized spacial score (nSPS) is 24.3. The second-order valence-electron chi connectivity index (χ2n) is 11.2. The highest BCUT2D eigenvalue weighted by molar-refractivity contribution is 7.19. The van der Waals surface area contributed by atoms with Crippen molar-refractivity contribution < 1.29 is 9.59 Å². The standard InChI is InChI=1S/C28H42N4O2S/c1-4-22-17-23-25(35-22)18-24-26(33)32(16-15-30(3)21-13-9-6-10-14-21)28(2,19-31(23)24)27(34)29-20-11-7-5-8-12-20/h17-18,20-21H,4-16,19H2,1-3H3,(H,29,34)/t28-/m1/s1. The molecule has 0 bridgehead atoms. The third-order valence-corrected chi connectivity index (χ3v) is 10.0. The van der Waals surface area contributed by atoms with Crippen molar-refractivity contribution in [3.63, 3.8) is 0 Å². The lowest BCUT2D eigenvalue weighted by atomic mass is 9.91. The molecule has 3 aliphatic rings. The molecule has 2 amide bonds. The Morgan fingerprint density at radius 3 is 2.49 bits per heavy atom. The topological polar surface area (TPSA) is 57.6 Å². The molecular weight excluding hydrogens is 456 g/mol. The predicted octanol–water partition coefficient (Wildman–Crippen LogP) is 5.19. The van der Waals surface area contributed by atoms with Crippen LogP contribution in [0.1, 0.15) is 93.4 Å². The first-order chi connectivity index (χ1) is 16.9. The van der Waals surface area contributed by atoms with Crippen molar-refractivity contribution in [2.75, 3.05) is 20.1 Å². The van der Waals surface area contributed by atoms with Crippen LogP contribution in [0.3, 0.4) is 0 Å². The molecule has 2 fully saturated rings. The molecule has 1 aliphatic heterocycles. The van der Waals surface area contributed by atoms with E-state index in [1.54, 1.807) is 11.3 Å². The third kappa shape index (κ3) is 4.78. The van der Waals surface area contributed by atoms with Crippen LogP contribution in [0.2, 0.25) is 0 Å². The van der Waals surface area contributed by atoms with Gasteiger partial charge in [0.05, 0.1) is 16.8 Å². The fraction of sp³-hybridized carbons (Fsp3) is 0.714. The number of carbonyl (C=O) groups excluding carboxylic acids is 2. The number of hydrogen-bond donors (Lipinski definition) is 1. The Bertz CT molecular complexity index is 1060. The molecular formula is C28H42N4O2S. The van der Waals surface area contributed by atoms with Gasteiger partial charge < -0.3 is 19.7 Å². The summed E-state index contributed by atoms with van der Waals surface area (Å²) in [6.07, 6.45) is 13.1. The first-order valence-electron chi connectivity index (χ1n) is 13.9. The van der Waals surface area contributed by atoms with Crippen LogP contribution in [0, 0.1) is 0 Å². The Morgan fingerprint density at radius 1 is 1.11 bits per heavy atom. The van der Waals surface area contributed by atoms with E-state index >= 15 is 0 Å². The van der Waals surface area contributed by atoms with Crippen LogP contribution in [-0.2, 0) is 17.8 Å². The summed E-state index contributed by atoms with van der Waals surface area (Å²) in [4.78, 5) is 33.5. The average molecular weight is 499 g/mol. The molecule has 2 saturated carbocycles. The van der Waals surface area contributed by atoms with Crippen LogP contribution in [0.4, 0.5) is 0 Å². The number of likely N-dealkylation sites (N-methyl/N-ethyl adjacent to an activating group) is 1. The minimum absolute atomic E-state index is 0.00367. The molecule has 0 spiro atoms. The summed E-state index contributed by atoms with van der Waals surface area (Å²) in [5, 5.41) is 3.36.